The van der Waals surface area contributed by atoms with Gasteiger partial charge in [0.1, 0.15) is 11.5 Å². The summed E-state index contributed by atoms with van der Waals surface area (Å²) in [5, 5.41) is 3.69. The summed E-state index contributed by atoms with van der Waals surface area (Å²) in [7, 11) is 0. The fraction of sp³-hybridized carbons (Fsp3) is 0.750. The maximum Gasteiger partial charge on any atom is 0.105 e. The molecular formula is C16H27NO. The van der Waals surface area contributed by atoms with Crippen LogP contribution < -0.4 is 5.32 Å². The van der Waals surface area contributed by atoms with Crippen LogP contribution in [0.3, 0.4) is 0 Å². The number of nitrogens with one attached hydrogen (secondary N) is 1. The zero-order valence-corrected chi connectivity index (χ0v) is 12.3. The molecule has 1 heterocycles. The van der Waals surface area contributed by atoms with Crippen LogP contribution in [0.15, 0.2) is 10.5 Å². The van der Waals surface area contributed by atoms with Gasteiger partial charge in [0.05, 0.1) is 0 Å². The summed E-state index contributed by atoms with van der Waals surface area (Å²) in [5.41, 5.74) is 1.32. The summed E-state index contributed by atoms with van der Waals surface area (Å²) >= 11 is 0. The van der Waals surface area contributed by atoms with E-state index >= 15 is 0 Å². The van der Waals surface area contributed by atoms with Gasteiger partial charge in [-0.3, -0.25) is 0 Å². The van der Waals surface area contributed by atoms with Crippen LogP contribution in [0.4, 0.5) is 0 Å². The predicted molar refractivity (Wildman–Crippen MR) is 75.7 cm³/mol. The third kappa shape index (κ3) is 3.17. The van der Waals surface area contributed by atoms with E-state index in [9.17, 15) is 0 Å². The zero-order chi connectivity index (χ0) is 13.1. The molecule has 1 saturated carbocycles. The third-order valence-electron chi connectivity index (χ3n) is 4.52. The van der Waals surface area contributed by atoms with E-state index in [-0.39, 0.29) is 0 Å². The Morgan fingerprint density at radius 1 is 1.33 bits per heavy atom. The molecule has 1 aromatic rings. The van der Waals surface area contributed by atoms with Crippen LogP contribution in [-0.4, -0.2) is 6.54 Å². The molecule has 1 aromatic heterocycles. The van der Waals surface area contributed by atoms with Gasteiger partial charge in [0.25, 0.3) is 0 Å². The van der Waals surface area contributed by atoms with Crippen molar-refractivity contribution in [2.45, 2.75) is 59.4 Å². The SMILES string of the molecule is Cc1cc(C(C)NCC2CCCCC2C)c(C)o1. The van der Waals surface area contributed by atoms with E-state index in [0.717, 1.165) is 29.9 Å². The number of hydrogen-bond acceptors (Lipinski definition) is 2. The lowest BCUT2D eigenvalue weighted by atomic mass is 9.80. The average Bonchev–Trinajstić information content (AvgIpc) is 2.67. The normalized spacial score (nSPS) is 26.2. The van der Waals surface area contributed by atoms with Gasteiger partial charge in [0.2, 0.25) is 0 Å². The molecule has 0 aliphatic heterocycles. The van der Waals surface area contributed by atoms with Gasteiger partial charge in [-0.2, -0.15) is 0 Å². The van der Waals surface area contributed by atoms with E-state index < -0.39 is 0 Å². The molecule has 0 bridgehead atoms. The molecule has 1 aliphatic rings. The first-order valence-electron chi connectivity index (χ1n) is 7.38. The van der Waals surface area contributed by atoms with Crippen molar-refractivity contribution in [1.29, 1.82) is 0 Å². The molecule has 2 heteroatoms. The highest BCUT2D eigenvalue weighted by Crippen LogP contribution is 2.30. The van der Waals surface area contributed by atoms with Crippen LogP contribution in [0.1, 0.15) is 62.7 Å². The van der Waals surface area contributed by atoms with Crippen LogP contribution in [0.2, 0.25) is 0 Å². The van der Waals surface area contributed by atoms with E-state index in [1.807, 2.05) is 6.92 Å². The quantitative estimate of drug-likeness (QED) is 0.857. The van der Waals surface area contributed by atoms with E-state index in [4.69, 9.17) is 4.42 Å². The Balaban J connectivity index is 1.87. The van der Waals surface area contributed by atoms with Crippen LogP contribution in [0.25, 0.3) is 0 Å². The molecule has 18 heavy (non-hydrogen) atoms. The summed E-state index contributed by atoms with van der Waals surface area (Å²) in [6.07, 6.45) is 5.64. The topological polar surface area (TPSA) is 25.2 Å². The molecule has 1 N–H and O–H groups in total. The van der Waals surface area contributed by atoms with Crippen LogP contribution in [0.5, 0.6) is 0 Å². The van der Waals surface area contributed by atoms with Gasteiger partial charge in [0, 0.05) is 11.6 Å². The molecule has 2 nitrogen and oxygen atoms in total. The third-order valence-corrected chi connectivity index (χ3v) is 4.52. The Morgan fingerprint density at radius 3 is 2.67 bits per heavy atom. The van der Waals surface area contributed by atoms with Crippen LogP contribution in [-0.2, 0) is 0 Å². The Labute approximate surface area is 111 Å². The summed E-state index contributed by atoms with van der Waals surface area (Å²) in [6.45, 7) is 9.87. The van der Waals surface area contributed by atoms with Gasteiger partial charge in [-0.1, -0.05) is 26.2 Å². The first-order chi connectivity index (χ1) is 8.58. The number of aryl methyl sites for hydroxylation is 2. The van der Waals surface area contributed by atoms with Gasteiger partial charge in [-0.15, -0.1) is 0 Å². The fourth-order valence-corrected chi connectivity index (χ4v) is 3.21. The molecule has 2 rings (SSSR count). The lowest BCUT2D eigenvalue weighted by Crippen LogP contribution is -2.31. The fourth-order valence-electron chi connectivity index (χ4n) is 3.21. The maximum atomic E-state index is 5.61. The minimum atomic E-state index is 0.400. The Hall–Kier alpha value is -0.760. The molecule has 102 valence electrons. The number of hydrogen-bond donors (Lipinski definition) is 1. The van der Waals surface area contributed by atoms with Crippen molar-refractivity contribution in [3.8, 4) is 0 Å². The first-order valence-corrected chi connectivity index (χ1v) is 7.38. The van der Waals surface area contributed by atoms with Gasteiger partial charge in [-0.25, -0.2) is 0 Å². The van der Waals surface area contributed by atoms with Crippen molar-refractivity contribution in [3.63, 3.8) is 0 Å². The number of rotatable bonds is 4. The second-order valence-electron chi connectivity index (χ2n) is 6.02. The molecule has 0 aromatic carbocycles. The summed E-state index contributed by atoms with van der Waals surface area (Å²) in [5.74, 6) is 3.81. The Kier molecular flexibility index (Phi) is 4.50. The van der Waals surface area contributed by atoms with Crippen molar-refractivity contribution in [1.82, 2.24) is 5.32 Å². The second kappa shape index (κ2) is 5.92. The summed E-state index contributed by atoms with van der Waals surface area (Å²) < 4.78 is 5.61. The lowest BCUT2D eigenvalue weighted by molar-refractivity contribution is 0.242. The van der Waals surface area contributed by atoms with Crippen molar-refractivity contribution in [2.24, 2.45) is 11.8 Å². The number of furan rings is 1. The lowest BCUT2D eigenvalue weighted by Gasteiger charge is -2.30. The van der Waals surface area contributed by atoms with Gasteiger partial charge < -0.3 is 9.73 Å². The molecule has 0 amide bonds. The van der Waals surface area contributed by atoms with Crippen LogP contribution in [0, 0.1) is 25.7 Å². The van der Waals surface area contributed by atoms with Crippen molar-refractivity contribution in [2.75, 3.05) is 6.54 Å². The average molecular weight is 249 g/mol. The first kappa shape index (κ1) is 13.7. The second-order valence-corrected chi connectivity index (χ2v) is 6.02. The van der Waals surface area contributed by atoms with Crippen molar-refractivity contribution in [3.05, 3.63) is 23.2 Å². The highest BCUT2D eigenvalue weighted by atomic mass is 16.3. The van der Waals surface area contributed by atoms with Crippen molar-refractivity contribution >= 4 is 0 Å². The van der Waals surface area contributed by atoms with Gasteiger partial charge in [-0.05, 0) is 51.6 Å². The van der Waals surface area contributed by atoms with E-state index in [1.165, 1.54) is 31.2 Å². The highest BCUT2D eigenvalue weighted by molar-refractivity contribution is 5.23. The largest absolute Gasteiger partial charge is 0.466 e. The van der Waals surface area contributed by atoms with Gasteiger partial charge >= 0.3 is 0 Å². The smallest absolute Gasteiger partial charge is 0.105 e. The summed E-state index contributed by atoms with van der Waals surface area (Å²) in [4.78, 5) is 0. The Bertz CT molecular complexity index is 382. The van der Waals surface area contributed by atoms with Gasteiger partial charge in [0.15, 0.2) is 0 Å². The molecule has 0 spiro atoms. The Morgan fingerprint density at radius 2 is 2.06 bits per heavy atom. The zero-order valence-electron chi connectivity index (χ0n) is 12.3. The molecular weight excluding hydrogens is 222 g/mol. The minimum absolute atomic E-state index is 0.400. The molecule has 3 atom stereocenters. The molecule has 0 radical (unpaired) electrons. The predicted octanol–water partition coefficient (Wildman–Crippen LogP) is 4.37. The molecule has 3 unspecified atom stereocenters. The maximum absolute atomic E-state index is 5.61. The van der Waals surface area contributed by atoms with E-state index in [2.05, 4.69) is 32.2 Å². The van der Waals surface area contributed by atoms with E-state index in [1.54, 1.807) is 0 Å². The monoisotopic (exact) mass is 249 g/mol. The van der Waals surface area contributed by atoms with Crippen molar-refractivity contribution < 1.29 is 4.42 Å². The standard InChI is InChI=1S/C16H27NO/c1-11-7-5-6-8-15(11)10-17-13(3)16-9-12(2)18-14(16)4/h9,11,13,15,17H,5-8,10H2,1-4H3. The molecule has 0 saturated heterocycles. The van der Waals surface area contributed by atoms with E-state index in [0.29, 0.717) is 6.04 Å². The summed E-state index contributed by atoms with van der Waals surface area (Å²) in [6, 6.07) is 2.56. The highest BCUT2D eigenvalue weighted by Gasteiger charge is 2.22. The minimum Gasteiger partial charge on any atom is -0.466 e. The molecule has 1 fully saturated rings. The molecule has 1 aliphatic carbocycles. The van der Waals surface area contributed by atoms with Crippen LogP contribution >= 0.6 is 0 Å².